The van der Waals surface area contributed by atoms with Crippen molar-refractivity contribution in [3.8, 4) is 0 Å². The van der Waals surface area contributed by atoms with Crippen molar-refractivity contribution in [2.24, 2.45) is 0 Å². The summed E-state index contributed by atoms with van der Waals surface area (Å²) in [7, 11) is -3.33. The molecular weight excluding hydrogens is 462 g/mol. The molecule has 4 rings (SSSR count). The molecule has 32 heavy (non-hydrogen) atoms. The number of aromatic nitrogens is 1. The summed E-state index contributed by atoms with van der Waals surface area (Å²) in [6, 6.07) is 13.7. The number of hydrogen-bond donors (Lipinski definition) is 0. The van der Waals surface area contributed by atoms with E-state index in [0.29, 0.717) is 38.1 Å². The van der Waals surface area contributed by atoms with E-state index in [2.05, 4.69) is 41.1 Å². The van der Waals surface area contributed by atoms with Crippen LogP contribution in [0.1, 0.15) is 18.4 Å². The summed E-state index contributed by atoms with van der Waals surface area (Å²) in [6.45, 7) is 4.82. The number of rotatable bonds is 7. The molecule has 1 fully saturated rings. The number of thiazole rings is 1. The third kappa shape index (κ3) is 5.44. The van der Waals surface area contributed by atoms with Gasteiger partial charge in [0, 0.05) is 43.8 Å². The molecular formula is C23H27N3O3S3. The van der Waals surface area contributed by atoms with Crippen LogP contribution in [0.4, 0.5) is 5.13 Å². The molecule has 6 nitrogen and oxygen atoms in total. The van der Waals surface area contributed by atoms with Crippen molar-refractivity contribution in [1.82, 2.24) is 9.88 Å². The molecule has 1 aliphatic heterocycles. The van der Waals surface area contributed by atoms with E-state index in [0.717, 1.165) is 22.0 Å². The van der Waals surface area contributed by atoms with E-state index in [-0.39, 0.29) is 10.8 Å². The molecule has 0 aliphatic carbocycles. The SMILES string of the molecule is Cc1ccc(SCCCC(=O)N2CCN(c3nc4c(S(C)(=O)=O)cccc4s3)CC2)cc1. The molecule has 3 aromatic rings. The Bertz CT molecular complexity index is 1200. The molecule has 0 N–H and O–H groups in total. The Kier molecular flexibility index (Phi) is 7.07. The molecule has 9 heteroatoms. The largest absolute Gasteiger partial charge is 0.345 e. The van der Waals surface area contributed by atoms with Crippen LogP contribution < -0.4 is 4.90 Å². The number of sulfone groups is 1. The van der Waals surface area contributed by atoms with Crippen LogP contribution in [0.2, 0.25) is 0 Å². The van der Waals surface area contributed by atoms with Crippen LogP contribution in [-0.2, 0) is 14.6 Å². The Labute approximate surface area is 197 Å². The van der Waals surface area contributed by atoms with Gasteiger partial charge in [0.05, 0.1) is 9.60 Å². The lowest BCUT2D eigenvalue weighted by Gasteiger charge is -2.34. The van der Waals surface area contributed by atoms with Crippen LogP contribution in [0.5, 0.6) is 0 Å². The predicted molar refractivity (Wildman–Crippen MR) is 133 cm³/mol. The number of hydrogen-bond acceptors (Lipinski definition) is 7. The quantitative estimate of drug-likeness (QED) is 0.365. The highest BCUT2D eigenvalue weighted by Gasteiger charge is 2.24. The van der Waals surface area contributed by atoms with Crippen molar-refractivity contribution in [2.75, 3.05) is 43.1 Å². The number of thioether (sulfide) groups is 1. The van der Waals surface area contributed by atoms with Gasteiger partial charge in [0.25, 0.3) is 0 Å². The molecule has 170 valence electrons. The molecule has 0 atom stereocenters. The third-order valence-electron chi connectivity index (χ3n) is 5.50. The van der Waals surface area contributed by atoms with Gasteiger partial charge >= 0.3 is 0 Å². The highest BCUT2D eigenvalue weighted by molar-refractivity contribution is 7.99. The Morgan fingerprint density at radius 2 is 1.81 bits per heavy atom. The Morgan fingerprint density at radius 1 is 1.09 bits per heavy atom. The number of amides is 1. The fourth-order valence-corrected chi connectivity index (χ4v) is 6.49. The lowest BCUT2D eigenvalue weighted by molar-refractivity contribution is -0.131. The second-order valence-corrected chi connectivity index (χ2v) is 12.2. The summed E-state index contributed by atoms with van der Waals surface area (Å²) in [5.41, 5.74) is 1.80. The maximum atomic E-state index is 12.6. The first-order chi connectivity index (χ1) is 15.3. The van der Waals surface area contributed by atoms with E-state index in [4.69, 9.17) is 0 Å². The summed E-state index contributed by atoms with van der Waals surface area (Å²) in [5.74, 6) is 1.14. The number of piperazine rings is 1. The average molecular weight is 490 g/mol. The highest BCUT2D eigenvalue weighted by atomic mass is 32.2. The minimum atomic E-state index is -3.33. The van der Waals surface area contributed by atoms with Gasteiger partial charge < -0.3 is 9.80 Å². The fraction of sp³-hybridized carbons (Fsp3) is 0.391. The molecule has 1 aliphatic rings. The number of benzene rings is 2. The summed E-state index contributed by atoms with van der Waals surface area (Å²) in [4.78, 5) is 22.8. The monoisotopic (exact) mass is 489 g/mol. The molecule has 0 spiro atoms. The van der Waals surface area contributed by atoms with Crippen LogP contribution >= 0.6 is 23.1 Å². The van der Waals surface area contributed by atoms with E-state index in [1.807, 2.05) is 11.0 Å². The molecule has 2 heterocycles. The Morgan fingerprint density at radius 3 is 2.50 bits per heavy atom. The Balaban J connectivity index is 1.28. The zero-order valence-electron chi connectivity index (χ0n) is 18.3. The van der Waals surface area contributed by atoms with E-state index in [1.54, 1.807) is 23.9 Å². The second-order valence-electron chi connectivity index (χ2n) is 8.00. The second kappa shape index (κ2) is 9.80. The lowest BCUT2D eigenvalue weighted by atomic mass is 10.2. The zero-order chi connectivity index (χ0) is 22.7. The van der Waals surface area contributed by atoms with Gasteiger partial charge in [0.15, 0.2) is 15.0 Å². The van der Waals surface area contributed by atoms with Crippen LogP contribution in [0.15, 0.2) is 52.3 Å². The van der Waals surface area contributed by atoms with Crippen LogP contribution in [0, 0.1) is 6.92 Å². The first-order valence-electron chi connectivity index (χ1n) is 10.6. The molecule has 1 aromatic heterocycles. The minimum Gasteiger partial charge on any atom is -0.345 e. The number of nitrogens with zero attached hydrogens (tertiary/aromatic N) is 3. The van der Waals surface area contributed by atoms with Gasteiger partial charge in [0.1, 0.15) is 5.52 Å². The first-order valence-corrected chi connectivity index (χ1v) is 14.3. The number of carbonyl (C=O) groups is 1. The summed E-state index contributed by atoms with van der Waals surface area (Å²) < 4.78 is 25.0. The maximum Gasteiger partial charge on any atom is 0.222 e. The highest BCUT2D eigenvalue weighted by Crippen LogP contribution is 2.33. The predicted octanol–water partition coefficient (Wildman–Crippen LogP) is 4.23. The van der Waals surface area contributed by atoms with Crippen molar-refractivity contribution in [3.05, 3.63) is 48.0 Å². The van der Waals surface area contributed by atoms with Crippen molar-refractivity contribution in [1.29, 1.82) is 0 Å². The van der Waals surface area contributed by atoms with Gasteiger partial charge in [-0.3, -0.25) is 4.79 Å². The summed E-state index contributed by atoms with van der Waals surface area (Å²) in [5, 5.41) is 0.817. The van der Waals surface area contributed by atoms with Gasteiger partial charge in [-0.15, -0.1) is 11.8 Å². The van der Waals surface area contributed by atoms with E-state index in [1.165, 1.54) is 28.1 Å². The molecule has 0 bridgehead atoms. The van der Waals surface area contributed by atoms with Gasteiger partial charge in [0.2, 0.25) is 5.91 Å². The molecule has 0 radical (unpaired) electrons. The van der Waals surface area contributed by atoms with E-state index in [9.17, 15) is 13.2 Å². The number of anilines is 1. The fourth-order valence-electron chi connectivity index (χ4n) is 3.70. The minimum absolute atomic E-state index is 0.206. The average Bonchev–Trinajstić information content (AvgIpc) is 3.21. The van der Waals surface area contributed by atoms with Crippen molar-refractivity contribution in [3.63, 3.8) is 0 Å². The van der Waals surface area contributed by atoms with Crippen LogP contribution in [0.3, 0.4) is 0 Å². The number of carbonyl (C=O) groups excluding carboxylic acids is 1. The first kappa shape index (κ1) is 23.1. The molecule has 0 saturated carbocycles. The van der Waals surface area contributed by atoms with Gasteiger partial charge in [-0.2, -0.15) is 0 Å². The zero-order valence-corrected chi connectivity index (χ0v) is 20.7. The van der Waals surface area contributed by atoms with Gasteiger partial charge in [-0.1, -0.05) is 35.1 Å². The third-order valence-corrected chi connectivity index (χ3v) is 8.81. The van der Waals surface area contributed by atoms with Crippen molar-refractivity contribution < 1.29 is 13.2 Å². The number of aryl methyl sites for hydroxylation is 1. The normalized spacial score (nSPS) is 14.8. The van der Waals surface area contributed by atoms with E-state index >= 15 is 0 Å². The summed E-state index contributed by atoms with van der Waals surface area (Å²) >= 11 is 3.29. The molecule has 2 aromatic carbocycles. The smallest absolute Gasteiger partial charge is 0.222 e. The molecule has 1 amide bonds. The lowest BCUT2D eigenvalue weighted by Crippen LogP contribution is -2.48. The standard InChI is InChI=1S/C23H27N3O3S3/c1-17-8-10-18(11-9-17)30-16-4-7-21(27)25-12-14-26(15-13-25)23-24-22-19(31-23)5-3-6-20(22)32(2,28)29/h3,5-6,8-11H,4,7,12-16H2,1-2H3. The number of fused-ring (bicyclic) bond motifs is 1. The number of para-hydroxylation sites is 1. The molecule has 0 unspecified atom stereocenters. The van der Waals surface area contributed by atoms with E-state index < -0.39 is 9.84 Å². The molecule has 1 saturated heterocycles. The summed E-state index contributed by atoms with van der Waals surface area (Å²) in [6.07, 6.45) is 2.64. The Hall–Kier alpha value is -2.10. The van der Waals surface area contributed by atoms with Crippen molar-refractivity contribution in [2.45, 2.75) is 29.6 Å². The van der Waals surface area contributed by atoms with Crippen LogP contribution in [-0.4, -0.2) is 62.4 Å². The topological polar surface area (TPSA) is 70.6 Å². The van der Waals surface area contributed by atoms with Crippen molar-refractivity contribution >= 4 is 54.2 Å². The van der Waals surface area contributed by atoms with Gasteiger partial charge in [-0.25, -0.2) is 13.4 Å². The maximum absolute atomic E-state index is 12.6. The van der Waals surface area contributed by atoms with Gasteiger partial charge in [-0.05, 0) is 43.4 Å². The van der Waals surface area contributed by atoms with Crippen LogP contribution in [0.25, 0.3) is 10.2 Å².